The lowest BCUT2D eigenvalue weighted by molar-refractivity contribution is -0.178. The van der Waals surface area contributed by atoms with Crippen LogP contribution in [0.4, 0.5) is 13.2 Å². The van der Waals surface area contributed by atoms with Gasteiger partial charge in [0, 0.05) is 6.42 Å². The van der Waals surface area contributed by atoms with E-state index in [0.29, 0.717) is 6.42 Å². The highest BCUT2D eigenvalue weighted by Crippen LogP contribution is 2.31. The summed E-state index contributed by atoms with van der Waals surface area (Å²) in [5.74, 6) is -3.87. The van der Waals surface area contributed by atoms with E-state index in [9.17, 15) is 22.8 Å². The Balaban J connectivity index is 2.75. The molecule has 14 heavy (non-hydrogen) atoms. The minimum atomic E-state index is -4.88. The first-order chi connectivity index (χ1) is 6.32. The van der Waals surface area contributed by atoms with E-state index in [-0.39, 0.29) is 18.8 Å². The molecule has 1 saturated carbocycles. The highest BCUT2D eigenvalue weighted by molar-refractivity contribution is 6.05. The van der Waals surface area contributed by atoms with Crippen LogP contribution < -0.4 is 0 Å². The Kier molecular flexibility index (Phi) is 2.97. The van der Waals surface area contributed by atoms with Crippen molar-refractivity contribution in [1.82, 2.24) is 0 Å². The Morgan fingerprint density at radius 3 is 2.50 bits per heavy atom. The van der Waals surface area contributed by atoms with Gasteiger partial charge in [0.15, 0.2) is 0 Å². The normalized spacial score (nSPS) is 29.0. The van der Waals surface area contributed by atoms with Crippen LogP contribution in [0.25, 0.3) is 0 Å². The molecule has 2 nitrogen and oxygen atoms in total. The number of hydrogen-bond acceptors (Lipinski definition) is 2. The smallest absolute Gasteiger partial charge is 0.299 e. The van der Waals surface area contributed by atoms with Gasteiger partial charge in [0.2, 0.25) is 5.78 Å². The van der Waals surface area contributed by atoms with Crippen LogP contribution in [-0.4, -0.2) is 17.7 Å². The minimum absolute atomic E-state index is 0.0176. The van der Waals surface area contributed by atoms with Gasteiger partial charge < -0.3 is 0 Å². The molecule has 0 aliphatic heterocycles. The molecule has 1 rings (SSSR count). The molecule has 0 heterocycles. The number of halogens is 3. The van der Waals surface area contributed by atoms with Crippen LogP contribution >= 0.6 is 0 Å². The number of carbonyl (C=O) groups is 2. The molecule has 0 bridgehead atoms. The van der Waals surface area contributed by atoms with Gasteiger partial charge in [0.1, 0.15) is 5.78 Å². The van der Waals surface area contributed by atoms with E-state index in [2.05, 4.69) is 0 Å². The lowest BCUT2D eigenvalue weighted by Gasteiger charge is -2.24. The third-order valence-corrected chi connectivity index (χ3v) is 2.51. The predicted octanol–water partition coefficient (Wildman–Crippen LogP) is 2.12. The lowest BCUT2D eigenvalue weighted by atomic mass is 9.79. The highest BCUT2D eigenvalue weighted by Gasteiger charge is 2.47. The Morgan fingerprint density at radius 1 is 1.43 bits per heavy atom. The van der Waals surface area contributed by atoms with E-state index < -0.39 is 23.7 Å². The number of Topliss-reactive ketones (excluding diaryl/α,β-unsaturated/α-hetero) is 2. The highest BCUT2D eigenvalue weighted by atomic mass is 19.4. The van der Waals surface area contributed by atoms with Gasteiger partial charge in [0.05, 0.1) is 5.92 Å². The van der Waals surface area contributed by atoms with Crippen molar-refractivity contribution in [3.05, 3.63) is 0 Å². The van der Waals surface area contributed by atoms with Gasteiger partial charge in [-0.25, -0.2) is 0 Å². The van der Waals surface area contributed by atoms with Crippen LogP contribution in [0.2, 0.25) is 0 Å². The molecule has 2 unspecified atom stereocenters. The first-order valence-corrected chi connectivity index (χ1v) is 4.46. The summed E-state index contributed by atoms with van der Waals surface area (Å²) in [6.45, 7) is 1.75. The van der Waals surface area contributed by atoms with Crippen molar-refractivity contribution in [1.29, 1.82) is 0 Å². The summed E-state index contributed by atoms with van der Waals surface area (Å²) in [6.07, 6.45) is -4.16. The van der Waals surface area contributed by atoms with E-state index in [1.165, 1.54) is 0 Å². The number of alkyl halides is 3. The Hall–Kier alpha value is -0.870. The predicted molar refractivity (Wildman–Crippen MR) is 42.6 cm³/mol. The Bertz CT molecular complexity index is 257. The average Bonchev–Trinajstić information content (AvgIpc) is 2.06. The number of hydrogen-bond donors (Lipinski definition) is 0. The molecule has 0 aromatic heterocycles. The molecule has 5 heteroatoms. The monoisotopic (exact) mass is 208 g/mol. The molecule has 1 aliphatic carbocycles. The second-order valence-corrected chi connectivity index (χ2v) is 3.76. The van der Waals surface area contributed by atoms with Gasteiger partial charge in [0.25, 0.3) is 0 Å². The molecular formula is C9H11F3O2. The molecule has 1 fully saturated rings. The molecule has 0 amide bonds. The summed E-state index contributed by atoms with van der Waals surface area (Å²) in [5, 5.41) is 0. The molecular weight excluding hydrogens is 197 g/mol. The van der Waals surface area contributed by atoms with Crippen molar-refractivity contribution in [2.24, 2.45) is 11.8 Å². The molecule has 0 aromatic rings. The maximum Gasteiger partial charge on any atom is 0.450 e. The third kappa shape index (κ3) is 2.33. The minimum Gasteiger partial charge on any atom is -0.299 e. The van der Waals surface area contributed by atoms with Crippen molar-refractivity contribution in [3.8, 4) is 0 Å². The van der Waals surface area contributed by atoms with Crippen molar-refractivity contribution >= 4 is 11.6 Å². The molecule has 2 atom stereocenters. The maximum atomic E-state index is 12.0. The lowest BCUT2D eigenvalue weighted by Crippen LogP contribution is -2.38. The van der Waals surface area contributed by atoms with Crippen LogP contribution in [-0.2, 0) is 9.59 Å². The van der Waals surface area contributed by atoms with E-state index in [4.69, 9.17) is 0 Å². The largest absolute Gasteiger partial charge is 0.450 e. The van der Waals surface area contributed by atoms with Crippen molar-refractivity contribution < 1.29 is 22.8 Å². The second kappa shape index (κ2) is 3.71. The van der Waals surface area contributed by atoms with Crippen LogP contribution in [0.15, 0.2) is 0 Å². The fourth-order valence-corrected chi connectivity index (χ4v) is 1.67. The molecule has 80 valence electrons. The quantitative estimate of drug-likeness (QED) is 0.618. The van der Waals surface area contributed by atoms with Gasteiger partial charge in [-0.2, -0.15) is 13.2 Å². The molecule has 0 N–H and O–H groups in total. The van der Waals surface area contributed by atoms with Crippen LogP contribution in [0.1, 0.15) is 26.2 Å². The van der Waals surface area contributed by atoms with Gasteiger partial charge in [-0.05, 0) is 18.8 Å². The molecule has 0 spiro atoms. The molecule has 0 saturated heterocycles. The van der Waals surface area contributed by atoms with Gasteiger partial charge in [-0.1, -0.05) is 6.92 Å². The Morgan fingerprint density at radius 2 is 2.00 bits per heavy atom. The van der Waals surface area contributed by atoms with Crippen LogP contribution in [0.5, 0.6) is 0 Å². The summed E-state index contributed by atoms with van der Waals surface area (Å²) in [7, 11) is 0. The van der Waals surface area contributed by atoms with Crippen molar-refractivity contribution in [2.75, 3.05) is 0 Å². The number of carbonyl (C=O) groups excluding carboxylic acids is 2. The average molecular weight is 208 g/mol. The topological polar surface area (TPSA) is 34.1 Å². The van der Waals surface area contributed by atoms with Crippen molar-refractivity contribution in [3.63, 3.8) is 0 Å². The van der Waals surface area contributed by atoms with E-state index >= 15 is 0 Å². The summed E-state index contributed by atoms with van der Waals surface area (Å²) < 4.78 is 36.1. The fourth-order valence-electron chi connectivity index (χ4n) is 1.67. The standard InChI is InChI=1S/C9H11F3O2/c1-5-2-3-7(13)6(4-5)8(14)9(10,11)12/h5-6H,2-4H2,1H3. The summed E-state index contributed by atoms with van der Waals surface area (Å²) in [6, 6.07) is 0. The van der Waals surface area contributed by atoms with E-state index in [1.807, 2.05) is 0 Å². The second-order valence-electron chi connectivity index (χ2n) is 3.76. The summed E-state index contributed by atoms with van der Waals surface area (Å²) >= 11 is 0. The summed E-state index contributed by atoms with van der Waals surface area (Å²) in [5.41, 5.74) is 0. The van der Waals surface area contributed by atoms with Gasteiger partial charge in [-0.3, -0.25) is 9.59 Å². The Labute approximate surface area is 79.5 Å². The third-order valence-electron chi connectivity index (χ3n) is 2.51. The van der Waals surface area contributed by atoms with E-state index in [1.54, 1.807) is 6.92 Å². The SMILES string of the molecule is CC1CCC(=O)C(C(=O)C(F)(F)F)C1. The first kappa shape index (κ1) is 11.2. The maximum absolute atomic E-state index is 12.0. The molecule has 1 aliphatic rings. The zero-order valence-electron chi connectivity index (χ0n) is 7.73. The number of rotatable bonds is 1. The molecule has 0 radical (unpaired) electrons. The summed E-state index contributed by atoms with van der Waals surface area (Å²) in [4.78, 5) is 21.9. The van der Waals surface area contributed by atoms with Crippen LogP contribution in [0.3, 0.4) is 0 Å². The van der Waals surface area contributed by atoms with Gasteiger partial charge >= 0.3 is 6.18 Å². The zero-order valence-corrected chi connectivity index (χ0v) is 7.73. The zero-order chi connectivity index (χ0) is 10.9. The first-order valence-electron chi connectivity index (χ1n) is 4.46. The van der Waals surface area contributed by atoms with Crippen LogP contribution in [0, 0.1) is 11.8 Å². The number of ketones is 2. The van der Waals surface area contributed by atoms with E-state index in [0.717, 1.165) is 0 Å². The van der Waals surface area contributed by atoms with Crippen molar-refractivity contribution in [2.45, 2.75) is 32.4 Å². The van der Waals surface area contributed by atoms with Gasteiger partial charge in [-0.15, -0.1) is 0 Å². The molecule has 0 aromatic carbocycles. The fraction of sp³-hybridized carbons (Fsp3) is 0.778.